The van der Waals surface area contributed by atoms with Crippen molar-refractivity contribution in [2.75, 3.05) is 39.2 Å². The number of benzene rings is 2. The summed E-state index contributed by atoms with van der Waals surface area (Å²) in [7, 11) is -0.841. The number of halogens is 1. The van der Waals surface area contributed by atoms with E-state index in [0.717, 1.165) is 4.31 Å². The van der Waals surface area contributed by atoms with Crippen molar-refractivity contribution in [2.45, 2.75) is 13.0 Å². The summed E-state index contributed by atoms with van der Waals surface area (Å²) in [5.74, 6) is 0.111. The van der Waals surface area contributed by atoms with Crippen LogP contribution in [0.2, 0.25) is 0 Å². The monoisotopic (exact) mass is 437 g/mol. The van der Waals surface area contributed by atoms with Gasteiger partial charge in [0.2, 0.25) is 5.91 Å². The first-order valence-electron chi connectivity index (χ1n) is 9.35. The Morgan fingerprint density at radius 2 is 1.77 bits per heavy atom. The van der Waals surface area contributed by atoms with Gasteiger partial charge in [0.1, 0.15) is 17.3 Å². The number of ether oxygens (including phenoxy) is 2. The van der Waals surface area contributed by atoms with Gasteiger partial charge >= 0.3 is 0 Å². The summed E-state index contributed by atoms with van der Waals surface area (Å²) in [6.07, 6.45) is 0.583. The van der Waals surface area contributed by atoms with Gasteiger partial charge in [0.15, 0.2) is 0 Å². The fourth-order valence-corrected chi connectivity index (χ4v) is 4.82. The quantitative estimate of drug-likeness (QED) is 0.718. The standard InChI is InChI=1S/C20H24FN3O5S/c1-28-17-8-9-18(19(12-17)29-2)22-20(25)14-24-11-3-10-23(30(24,26)27)13-15-4-6-16(21)7-5-15/h4-9,12H,3,10-11,13-14H2,1-2H3,(H,22,25). The molecule has 8 nitrogen and oxygen atoms in total. The normalized spacial score (nSPS) is 16.8. The number of nitrogens with zero attached hydrogens (tertiary/aromatic N) is 2. The molecule has 0 spiro atoms. The van der Waals surface area contributed by atoms with E-state index in [4.69, 9.17) is 9.47 Å². The van der Waals surface area contributed by atoms with Gasteiger partial charge in [0.05, 0.1) is 26.5 Å². The van der Waals surface area contributed by atoms with Gasteiger partial charge in [-0.2, -0.15) is 17.0 Å². The highest BCUT2D eigenvalue weighted by Gasteiger charge is 2.34. The Bertz CT molecular complexity index is 998. The van der Waals surface area contributed by atoms with Gasteiger partial charge < -0.3 is 14.8 Å². The van der Waals surface area contributed by atoms with Crippen LogP contribution in [0.3, 0.4) is 0 Å². The first kappa shape index (κ1) is 22.0. The van der Waals surface area contributed by atoms with Crippen molar-refractivity contribution in [3.05, 3.63) is 53.8 Å². The van der Waals surface area contributed by atoms with Gasteiger partial charge in [-0.15, -0.1) is 0 Å². The van der Waals surface area contributed by atoms with Crippen molar-refractivity contribution in [1.82, 2.24) is 8.61 Å². The maximum atomic E-state index is 13.1. The molecule has 3 rings (SSSR count). The Balaban J connectivity index is 1.68. The highest BCUT2D eigenvalue weighted by atomic mass is 32.2. The van der Waals surface area contributed by atoms with E-state index in [1.54, 1.807) is 30.3 Å². The molecular formula is C20H24FN3O5S. The average molecular weight is 437 g/mol. The molecule has 0 bridgehead atoms. The van der Waals surface area contributed by atoms with Crippen LogP contribution >= 0.6 is 0 Å². The second kappa shape index (κ2) is 9.41. The van der Waals surface area contributed by atoms with Crippen molar-refractivity contribution in [3.8, 4) is 11.5 Å². The minimum absolute atomic E-state index is 0.118. The molecule has 0 aromatic heterocycles. The molecular weight excluding hydrogens is 413 g/mol. The second-order valence-corrected chi connectivity index (χ2v) is 8.70. The lowest BCUT2D eigenvalue weighted by Gasteiger charge is -2.34. The average Bonchev–Trinajstić information content (AvgIpc) is 2.73. The number of carbonyl (C=O) groups is 1. The van der Waals surface area contributed by atoms with Gasteiger partial charge in [-0.3, -0.25) is 4.79 Å². The molecule has 0 aliphatic carbocycles. The molecule has 0 unspecified atom stereocenters. The van der Waals surface area contributed by atoms with E-state index in [1.165, 1.54) is 30.7 Å². The molecule has 30 heavy (non-hydrogen) atoms. The number of anilines is 1. The molecule has 1 saturated heterocycles. The van der Waals surface area contributed by atoms with Crippen molar-refractivity contribution < 1.29 is 27.1 Å². The minimum Gasteiger partial charge on any atom is -0.497 e. The number of hydrogen-bond donors (Lipinski definition) is 1. The van der Waals surface area contributed by atoms with Gasteiger partial charge in [-0.05, 0) is 36.2 Å². The molecule has 1 N–H and O–H groups in total. The molecule has 1 aliphatic rings. The Labute approximate surface area is 175 Å². The molecule has 0 radical (unpaired) electrons. The van der Waals surface area contributed by atoms with E-state index >= 15 is 0 Å². The van der Waals surface area contributed by atoms with Gasteiger partial charge in [-0.25, -0.2) is 4.39 Å². The fraction of sp³-hybridized carbons (Fsp3) is 0.350. The summed E-state index contributed by atoms with van der Waals surface area (Å²) < 4.78 is 51.8. The predicted molar refractivity (Wildman–Crippen MR) is 110 cm³/mol. The van der Waals surface area contributed by atoms with E-state index in [-0.39, 0.29) is 25.5 Å². The van der Waals surface area contributed by atoms with E-state index < -0.39 is 16.1 Å². The van der Waals surface area contributed by atoms with Gasteiger partial charge in [0.25, 0.3) is 10.2 Å². The number of carbonyl (C=O) groups excluding carboxylic acids is 1. The van der Waals surface area contributed by atoms with Crippen molar-refractivity contribution in [2.24, 2.45) is 0 Å². The summed E-state index contributed by atoms with van der Waals surface area (Å²) in [5.41, 5.74) is 1.09. The molecule has 0 saturated carbocycles. The van der Waals surface area contributed by atoms with Crippen LogP contribution in [-0.2, 0) is 21.5 Å². The third-order valence-corrected chi connectivity index (χ3v) is 6.67. The summed E-state index contributed by atoms with van der Waals surface area (Å²) in [5, 5.41) is 2.68. The zero-order chi connectivity index (χ0) is 21.7. The van der Waals surface area contributed by atoms with Crippen molar-refractivity contribution >= 4 is 21.8 Å². The molecule has 1 aliphatic heterocycles. The molecule has 162 valence electrons. The summed E-state index contributed by atoms with van der Waals surface area (Å²) in [6, 6.07) is 10.6. The maximum absolute atomic E-state index is 13.1. The van der Waals surface area contributed by atoms with E-state index in [1.807, 2.05) is 0 Å². The lowest BCUT2D eigenvalue weighted by molar-refractivity contribution is -0.116. The van der Waals surface area contributed by atoms with Crippen molar-refractivity contribution in [1.29, 1.82) is 0 Å². The van der Waals surface area contributed by atoms with Crippen LogP contribution in [-0.4, -0.2) is 56.8 Å². The Morgan fingerprint density at radius 1 is 1.07 bits per heavy atom. The van der Waals surface area contributed by atoms with Crippen molar-refractivity contribution in [3.63, 3.8) is 0 Å². The topological polar surface area (TPSA) is 88.2 Å². The van der Waals surface area contributed by atoms with Crippen LogP contribution < -0.4 is 14.8 Å². The van der Waals surface area contributed by atoms with Gasteiger partial charge in [-0.1, -0.05) is 12.1 Å². The highest BCUT2D eigenvalue weighted by Crippen LogP contribution is 2.29. The third-order valence-electron chi connectivity index (χ3n) is 4.74. The molecule has 2 aromatic carbocycles. The molecule has 1 amide bonds. The fourth-order valence-electron chi connectivity index (χ4n) is 3.18. The van der Waals surface area contributed by atoms with Crippen LogP contribution in [0.5, 0.6) is 11.5 Å². The largest absolute Gasteiger partial charge is 0.497 e. The van der Waals surface area contributed by atoms with Crippen LogP contribution in [0.1, 0.15) is 12.0 Å². The zero-order valence-corrected chi connectivity index (χ0v) is 17.6. The predicted octanol–water partition coefficient (Wildman–Crippen LogP) is 2.23. The van der Waals surface area contributed by atoms with Crippen LogP contribution in [0.4, 0.5) is 10.1 Å². The molecule has 2 aromatic rings. The Hall–Kier alpha value is -2.69. The number of rotatable bonds is 7. The summed E-state index contributed by atoms with van der Waals surface area (Å²) in [6.45, 7) is 0.379. The van der Waals surface area contributed by atoms with E-state index in [9.17, 15) is 17.6 Å². The second-order valence-electron chi connectivity index (χ2n) is 6.77. The molecule has 10 heteroatoms. The maximum Gasteiger partial charge on any atom is 0.282 e. The number of hydrogen-bond acceptors (Lipinski definition) is 5. The number of methoxy groups -OCH3 is 2. The lowest BCUT2D eigenvalue weighted by atomic mass is 10.2. The molecule has 1 fully saturated rings. The van der Waals surface area contributed by atoms with E-state index in [2.05, 4.69) is 5.32 Å². The summed E-state index contributed by atoms with van der Waals surface area (Å²) in [4.78, 5) is 12.5. The van der Waals surface area contributed by atoms with E-state index in [0.29, 0.717) is 35.7 Å². The van der Waals surface area contributed by atoms with Gasteiger partial charge in [0, 0.05) is 25.7 Å². The molecule has 1 heterocycles. The summed E-state index contributed by atoms with van der Waals surface area (Å²) >= 11 is 0. The first-order valence-corrected chi connectivity index (χ1v) is 10.7. The number of amides is 1. The number of nitrogens with one attached hydrogen (secondary N) is 1. The minimum atomic E-state index is -3.83. The Kier molecular flexibility index (Phi) is 6.91. The SMILES string of the molecule is COc1ccc(NC(=O)CN2CCCN(Cc3ccc(F)cc3)S2(=O)=O)c(OC)c1. The molecule has 0 atom stereocenters. The van der Waals surface area contributed by atoms with Crippen LogP contribution in [0, 0.1) is 5.82 Å². The Morgan fingerprint density at radius 3 is 2.43 bits per heavy atom. The van der Waals surface area contributed by atoms with Crippen LogP contribution in [0.25, 0.3) is 0 Å². The first-order chi connectivity index (χ1) is 14.3. The lowest BCUT2D eigenvalue weighted by Crippen LogP contribution is -2.51. The van der Waals surface area contributed by atoms with Crippen LogP contribution in [0.15, 0.2) is 42.5 Å². The smallest absolute Gasteiger partial charge is 0.282 e. The highest BCUT2D eigenvalue weighted by molar-refractivity contribution is 7.86. The third kappa shape index (κ3) is 5.07. The zero-order valence-electron chi connectivity index (χ0n) is 16.8.